The number of phenolic OH excluding ortho intramolecular Hbond substituents is 1. The van der Waals surface area contributed by atoms with Gasteiger partial charge in [0.05, 0.1) is 8.95 Å². The van der Waals surface area contributed by atoms with Gasteiger partial charge in [0, 0.05) is 17.6 Å². The van der Waals surface area contributed by atoms with Crippen LogP contribution in [0.4, 0.5) is 0 Å². The highest BCUT2D eigenvalue weighted by molar-refractivity contribution is 9.11. The molecule has 0 aliphatic carbocycles. The van der Waals surface area contributed by atoms with Crippen molar-refractivity contribution in [1.29, 1.82) is 0 Å². The molecule has 19 heavy (non-hydrogen) atoms. The van der Waals surface area contributed by atoms with Crippen molar-refractivity contribution in [3.8, 4) is 5.75 Å². The molecule has 0 radical (unpaired) electrons. The van der Waals surface area contributed by atoms with Crippen LogP contribution in [-0.2, 0) is 13.1 Å². The van der Waals surface area contributed by atoms with Crippen molar-refractivity contribution in [3.05, 3.63) is 60.9 Å². The quantitative estimate of drug-likeness (QED) is 0.690. The van der Waals surface area contributed by atoms with Crippen LogP contribution in [0.3, 0.4) is 0 Å². The molecule has 0 fully saturated rings. The normalized spacial score (nSPS) is 10.7. The second-order valence-electron chi connectivity index (χ2n) is 4.14. The molecule has 2 rings (SSSR count). The lowest BCUT2D eigenvalue weighted by molar-refractivity contribution is 0.468. The SMILES string of the molecule is Oc1c(Br)cc(CNCc2cccc(Br)c2)cc1Br. The number of aromatic hydroxyl groups is 1. The molecule has 0 unspecified atom stereocenters. The Morgan fingerprint density at radius 1 is 0.895 bits per heavy atom. The molecule has 5 heteroatoms. The van der Waals surface area contributed by atoms with Crippen molar-refractivity contribution in [3.63, 3.8) is 0 Å². The molecule has 2 aromatic rings. The molecule has 2 nitrogen and oxygen atoms in total. The van der Waals surface area contributed by atoms with Gasteiger partial charge in [-0.1, -0.05) is 28.1 Å². The first-order chi connectivity index (χ1) is 9.06. The van der Waals surface area contributed by atoms with Crippen molar-refractivity contribution >= 4 is 47.8 Å². The minimum atomic E-state index is 0.232. The van der Waals surface area contributed by atoms with Crippen molar-refractivity contribution < 1.29 is 5.11 Å². The average Bonchev–Trinajstić information content (AvgIpc) is 2.36. The molecule has 0 aliphatic heterocycles. The van der Waals surface area contributed by atoms with Crippen molar-refractivity contribution in [2.24, 2.45) is 0 Å². The highest BCUT2D eigenvalue weighted by Crippen LogP contribution is 2.33. The minimum Gasteiger partial charge on any atom is -0.506 e. The second kappa shape index (κ2) is 6.88. The molecule has 0 aromatic heterocycles. The lowest BCUT2D eigenvalue weighted by atomic mass is 10.2. The fraction of sp³-hybridized carbons (Fsp3) is 0.143. The van der Waals surface area contributed by atoms with Crippen LogP contribution >= 0.6 is 47.8 Å². The molecular formula is C14H12Br3NO. The fourth-order valence-electron chi connectivity index (χ4n) is 1.72. The van der Waals surface area contributed by atoms with E-state index in [9.17, 15) is 5.11 Å². The van der Waals surface area contributed by atoms with Gasteiger partial charge in [-0.25, -0.2) is 0 Å². The number of halogens is 3. The third-order valence-corrected chi connectivity index (χ3v) is 4.33. The van der Waals surface area contributed by atoms with E-state index in [-0.39, 0.29) is 5.75 Å². The number of rotatable bonds is 4. The van der Waals surface area contributed by atoms with Crippen molar-refractivity contribution in [2.75, 3.05) is 0 Å². The Labute approximate surface area is 137 Å². The van der Waals surface area contributed by atoms with E-state index >= 15 is 0 Å². The molecular weight excluding hydrogens is 438 g/mol. The number of nitrogens with one attached hydrogen (secondary N) is 1. The molecule has 0 aliphatic rings. The van der Waals surface area contributed by atoms with E-state index in [1.54, 1.807) is 0 Å². The molecule has 2 N–H and O–H groups in total. The first-order valence-electron chi connectivity index (χ1n) is 5.68. The van der Waals surface area contributed by atoms with E-state index in [0.717, 1.165) is 23.1 Å². The van der Waals surface area contributed by atoms with Crippen LogP contribution < -0.4 is 5.32 Å². The van der Waals surface area contributed by atoms with Crippen LogP contribution in [0.2, 0.25) is 0 Å². The van der Waals surface area contributed by atoms with Gasteiger partial charge >= 0.3 is 0 Å². The van der Waals surface area contributed by atoms with Crippen LogP contribution in [0.25, 0.3) is 0 Å². The van der Waals surface area contributed by atoms with Crippen LogP contribution in [0.1, 0.15) is 11.1 Å². The lowest BCUT2D eigenvalue weighted by Gasteiger charge is -2.08. The Kier molecular flexibility index (Phi) is 5.45. The Morgan fingerprint density at radius 3 is 2.16 bits per heavy atom. The molecule has 0 amide bonds. The minimum absolute atomic E-state index is 0.232. The molecule has 100 valence electrons. The Balaban J connectivity index is 1.96. The summed E-state index contributed by atoms with van der Waals surface area (Å²) >= 11 is 10.1. The first-order valence-corrected chi connectivity index (χ1v) is 8.06. The van der Waals surface area contributed by atoms with E-state index in [0.29, 0.717) is 8.95 Å². The zero-order valence-corrected chi connectivity index (χ0v) is 14.7. The summed E-state index contributed by atoms with van der Waals surface area (Å²) in [5, 5.41) is 13.0. The van der Waals surface area contributed by atoms with Gasteiger partial charge in [-0.3, -0.25) is 0 Å². The molecule has 2 aromatic carbocycles. The van der Waals surface area contributed by atoms with E-state index in [4.69, 9.17) is 0 Å². The second-order valence-corrected chi connectivity index (χ2v) is 6.77. The van der Waals surface area contributed by atoms with Gasteiger partial charge in [-0.2, -0.15) is 0 Å². The smallest absolute Gasteiger partial charge is 0.143 e. The van der Waals surface area contributed by atoms with E-state index in [1.807, 2.05) is 24.3 Å². The summed E-state index contributed by atoms with van der Waals surface area (Å²) in [6.45, 7) is 1.54. The summed E-state index contributed by atoms with van der Waals surface area (Å²) in [6, 6.07) is 12.0. The molecule has 0 spiro atoms. The van der Waals surface area contributed by atoms with Crippen molar-refractivity contribution in [2.45, 2.75) is 13.1 Å². The van der Waals surface area contributed by atoms with Crippen LogP contribution in [0.15, 0.2) is 49.8 Å². The summed E-state index contributed by atoms with van der Waals surface area (Å²) in [5.41, 5.74) is 2.33. The predicted octanol–water partition coefficient (Wildman–Crippen LogP) is 4.97. The highest BCUT2D eigenvalue weighted by Gasteiger charge is 2.05. The van der Waals surface area contributed by atoms with E-state index in [1.165, 1.54) is 5.56 Å². The Hall–Kier alpha value is -0.360. The summed E-state index contributed by atoms with van der Waals surface area (Å²) in [4.78, 5) is 0. The Morgan fingerprint density at radius 2 is 1.53 bits per heavy atom. The van der Waals surface area contributed by atoms with E-state index in [2.05, 4.69) is 65.2 Å². The van der Waals surface area contributed by atoms with Gasteiger partial charge in [0.25, 0.3) is 0 Å². The summed E-state index contributed by atoms with van der Waals surface area (Å²) in [5.74, 6) is 0.232. The summed E-state index contributed by atoms with van der Waals surface area (Å²) in [7, 11) is 0. The maximum absolute atomic E-state index is 9.65. The van der Waals surface area contributed by atoms with Crippen LogP contribution in [0, 0.1) is 0 Å². The maximum Gasteiger partial charge on any atom is 0.143 e. The van der Waals surface area contributed by atoms with E-state index < -0.39 is 0 Å². The number of benzene rings is 2. The van der Waals surface area contributed by atoms with Gasteiger partial charge in [-0.05, 0) is 67.3 Å². The largest absolute Gasteiger partial charge is 0.506 e. The zero-order chi connectivity index (χ0) is 13.8. The van der Waals surface area contributed by atoms with Crippen molar-refractivity contribution in [1.82, 2.24) is 5.32 Å². The molecule has 0 saturated carbocycles. The van der Waals surface area contributed by atoms with Gasteiger partial charge < -0.3 is 10.4 Å². The number of phenols is 1. The molecule has 0 heterocycles. The number of hydrogen-bond donors (Lipinski definition) is 2. The standard InChI is InChI=1S/C14H12Br3NO/c15-11-3-1-2-9(4-11)7-18-8-10-5-12(16)14(19)13(17)6-10/h1-6,18-19H,7-8H2. The molecule has 0 bridgehead atoms. The topological polar surface area (TPSA) is 32.3 Å². The number of hydrogen-bond acceptors (Lipinski definition) is 2. The Bertz CT molecular complexity index is 564. The lowest BCUT2D eigenvalue weighted by Crippen LogP contribution is -2.12. The first kappa shape index (κ1) is 15.0. The zero-order valence-electron chi connectivity index (χ0n) is 9.96. The van der Waals surface area contributed by atoms with Crippen LogP contribution in [0.5, 0.6) is 5.75 Å². The third kappa shape index (κ3) is 4.31. The molecule has 0 atom stereocenters. The summed E-state index contributed by atoms with van der Waals surface area (Å²) in [6.07, 6.45) is 0. The molecule has 0 saturated heterocycles. The summed E-state index contributed by atoms with van der Waals surface area (Å²) < 4.78 is 2.48. The highest BCUT2D eigenvalue weighted by atomic mass is 79.9. The average molecular weight is 450 g/mol. The monoisotopic (exact) mass is 447 g/mol. The van der Waals surface area contributed by atoms with Gasteiger partial charge in [0.2, 0.25) is 0 Å². The van der Waals surface area contributed by atoms with Gasteiger partial charge in [0.1, 0.15) is 5.75 Å². The predicted molar refractivity (Wildman–Crippen MR) is 88.2 cm³/mol. The van der Waals surface area contributed by atoms with Gasteiger partial charge in [0.15, 0.2) is 0 Å². The van der Waals surface area contributed by atoms with Crippen LogP contribution in [-0.4, -0.2) is 5.11 Å². The third-order valence-electron chi connectivity index (χ3n) is 2.62. The maximum atomic E-state index is 9.65. The van der Waals surface area contributed by atoms with Gasteiger partial charge in [-0.15, -0.1) is 0 Å². The fourth-order valence-corrected chi connectivity index (χ4v) is 3.45.